The van der Waals surface area contributed by atoms with Crippen molar-refractivity contribution in [2.75, 3.05) is 27.7 Å². The first-order valence-corrected chi connectivity index (χ1v) is 15.2. The maximum atomic E-state index is 10.9. The van der Waals surface area contributed by atoms with Gasteiger partial charge in [-0.3, -0.25) is 14.6 Å². The first-order chi connectivity index (χ1) is 19.3. The molecular weight excluding hydrogens is 560 g/mol. The number of nitrogens with two attached hydrogens (primary N) is 1. The van der Waals surface area contributed by atoms with Crippen LogP contribution >= 0.6 is 0 Å². The van der Waals surface area contributed by atoms with E-state index in [1.165, 1.54) is 14.0 Å². The van der Waals surface area contributed by atoms with Crippen molar-refractivity contribution >= 4 is 23.9 Å². The number of hydrogen-bond acceptors (Lipinski definition) is 7. The summed E-state index contributed by atoms with van der Waals surface area (Å²) in [5, 5.41) is 17.5. The Morgan fingerprint density at radius 2 is 1.07 bits per heavy atom. The van der Waals surface area contributed by atoms with Gasteiger partial charge in [0, 0.05) is 48.7 Å². The third-order valence-electron chi connectivity index (χ3n) is 3.79. The molecule has 8 N–H and O–H groups in total. The topological polar surface area (TPSA) is 171 Å². The van der Waals surface area contributed by atoms with Gasteiger partial charge in [0.1, 0.15) is 0 Å². The van der Waals surface area contributed by atoms with Crippen molar-refractivity contribution in [1.29, 1.82) is 0 Å². The predicted octanol–water partition coefficient (Wildman–Crippen LogP) is 4.28. The molecule has 0 aliphatic heterocycles. The molecule has 0 fully saturated rings. The highest BCUT2D eigenvalue weighted by Gasteiger charge is 2.16. The molecule has 0 saturated carbocycles. The van der Waals surface area contributed by atoms with Crippen LogP contribution in [0.1, 0.15) is 125 Å². The summed E-state index contributed by atoms with van der Waals surface area (Å²) < 4.78 is 4.38. The largest absolute Gasteiger partial charge is 0.453 e. The molecule has 3 amide bonds. The quantitative estimate of drug-likeness (QED) is 0.174. The van der Waals surface area contributed by atoms with Gasteiger partial charge in [0.15, 0.2) is 5.96 Å². The average molecular weight is 635 g/mol. The highest BCUT2D eigenvalue weighted by molar-refractivity contribution is 5.81. The van der Waals surface area contributed by atoms with Gasteiger partial charge < -0.3 is 42.4 Å². The number of carbonyl (C=O) groups is 3. The first-order valence-electron chi connectivity index (χ1n) is 15.2. The zero-order chi connectivity index (χ0) is 36.8. The summed E-state index contributed by atoms with van der Waals surface area (Å²) in [4.78, 5) is 35.8. The van der Waals surface area contributed by atoms with E-state index in [1.807, 2.05) is 69.4 Å². The molecule has 0 aromatic heterocycles. The van der Waals surface area contributed by atoms with Crippen LogP contribution in [0.3, 0.4) is 0 Å². The van der Waals surface area contributed by atoms with Crippen LogP contribution in [0.4, 0.5) is 4.79 Å². The highest BCUT2D eigenvalue weighted by atomic mass is 16.5. The van der Waals surface area contributed by atoms with E-state index in [1.54, 1.807) is 14.0 Å². The summed E-state index contributed by atoms with van der Waals surface area (Å²) >= 11 is 0. The zero-order valence-electron chi connectivity index (χ0n) is 32.4. The molecule has 0 aliphatic rings. The minimum Gasteiger partial charge on any atom is -0.453 e. The first kappa shape index (κ1) is 51.0. The molecule has 12 heteroatoms. The lowest BCUT2D eigenvalue weighted by atomic mass is 10.1. The van der Waals surface area contributed by atoms with Crippen LogP contribution in [0.2, 0.25) is 0 Å². The van der Waals surface area contributed by atoms with Crippen molar-refractivity contribution in [3.8, 4) is 0 Å². The van der Waals surface area contributed by atoms with E-state index in [2.05, 4.69) is 90.1 Å². The molecule has 0 aliphatic carbocycles. The SMILES string of the molecule is CC(=O)NC(C)(C)C.CC(N)C(=O)NC(C)(C)C.CCNC(C)(C)C.CN=C(NC)NC(C)(C)C.COC(=O)NC(C)(C)C. The average Bonchev–Trinajstić information content (AvgIpc) is 2.73. The number of rotatable bonds is 2. The zero-order valence-corrected chi connectivity index (χ0v) is 32.4. The lowest BCUT2D eigenvalue weighted by molar-refractivity contribution is -0.123. The van der Waals surface area contributed by atoms with Crippen LogP contribution in [-0.2, 0) is 14.3 Å². The van der Waals surface area contributed by atoms with Gasteiger partial charge in [-0.15, -0.1) is 0 Å². The number of methoxy groups -OCH3 is 1. The Hall–Kier alpha value is -2.60. The van der Waals surface area contributed by atoms with Crippen LogP contribution in [0, 0.1) is 0 Å². The van der Waals surface area contributed by atoms with Crippen LogP contribution in [0.5, 0.6) is 0 Å². The lowest BCUT2D eigenvalue weighted by Gasteiger charge is -2.22. The Kier molecular flexibility index (Phi) is 27.5. The smallest absolute Gasteiger partial charge is 0.407 e. The maximum absolute atomic E-state index is 10.9. The van der Waals surface area contributed by atoms with Gasteiger partial charge in [-0.25, -0.2) is 4.79 Å². The van der Waals surface area contributed by atoms with Crippen LogP contribution < -0.4 is 37.6 Å². The Labute approximate surface area is 271 Å². The number of hydrogen-bond donors (Lipinski definition) is 7. The summed E-state index contributed by atoms with van der Waals surface area (Å²) in [5.41, 5.74) is 5.26. The fraction of sp³-hybridized carbons (Fsp3) is 0.875. The van der Waals surface area contributed by atoms with Gasteiger partial charge in [-0.05, 0) is 117 Å². The monoisotopic (exact) mass is 635 g/mol. The molecule has 1 atom stereocenters. The Bertz CT molecular complexity index is 794. The van der Waals surface area contributed by atoms with Crippen molar-refractivity contribution in [2.24, 2.45) is 10.7 Å². The Morgan fingerprint density at radius 3 is 1.14 bits per heavy atom. The molecule has 0 heterocycles. The molecule has 0 bridgehead atoms. The molecule has 0 aromatic rings. The molecule has 266 valence electrons. The number of guanidine groups is 1. The molecule has 0 radical (unpaired) electrons. The summed E-state index contributed by atoms with van der Waals surface area (Å²) in [7, 11) is 4.95. The molecule has 44 heavy (non-hydrogen) atoms. The standard InChI is InChI=1S/C7H17N3.C7H16N2O.C6H13NO2.C6H13NO.C6H15N/c1-7(2,3)10-6(8-4)9-5;1-5(8)6(10)9-7(2,3)4;1-6(2,3)7-5(8)9-4;1-5(8)7-6(2,3)4;1-5-7-6(2,3)4/h1-5H3,(H2,8,9,10);5H,8H2,1-4H3,(H,9,10);1-4H3,(H,7,8);1-4H3,(H,7,8);7H,5H2,1-4H3. The van der Waals surface area contributed by atoms with Crippen molar-refractivity contribution in [3.05, 3.63) is 0 Å². The Balaban J connectivity index is -0.000000145. The molecule has 0 rings (SSSR count). The van der Waals surface area contributed by atoms with Crippen molar-refractivity contribution in [3.63, 3.8) is 0 Å². The number of carbonyl (C=O) groups excluding carboxylic acids is 3. The van der Waals surface area contributed by atoms with Crippen LogP contribution in [0.15, 0.2) is 4.99 Å². The number of amides is 3. The summed E-state index contributed by atoms with van der Waals surface area (Å²) in [6.45, 7) is 36.4. The maximum Gasteiger partial charge on any atom is 0.407 e. The van der Waals surface area contributed by atoms with E-state index in [4.69, 9.17) is 5.73 Å². The normalized spacial score (nSPS) is 12.4. The Morgan fingerprint density at radius 1 is 0.705 bits per heavy atom. The number of nitrogens with one attached hydrogen (secondary N) is 6. The fourth-order valence-electron chi connectivity index (χ4n) is 2.48. The van der Waals surface area contributed by atoms with E-state index in [9.17, 15) is 14.4 Å². The molecule has 1 unspecified atom stereocenters. The minimum atomic E-state index is -0.417. The number of aliphatic imine (C=N–C) groups is 1. The second kappa shape index (κ2) is 23.7. The summed E-state index contributed by atoms with van der Waals surface area (Å²) in [6.07, 6.45) is -0.387. The van der Waals surface area contributed by atoms with Gasteiger partial charge >= 0.3 is 6.09 Å². The van der Waals surface area contributed by atoms with Gasteiger partial charge in [0.05, 0.1) is 13.2 Å². The van der Waals surface area contributed by atoms with Gasteiger partial charge in [-0.2, -0.15) is 0 Å². The molecule has 0 spiro atoms. The second-order valence-electron chi connectivity index (χ2n) is 15.3. The van der Waals surface area contributed by atoms with E-state index < -0.39 is 6.04 Å². The molecular formula is C32H74N8O4. The second-order valence-corrected chi connectivity index (χ2v) is 15.3. The number of alkyl carbamates (subject to hydrolysis) is 1. The molecule has 0 saturated heterocycles. The third kappa shape index (κ3) is 58.9. The minimum absolute atomic E-state index is 0.0255. The lowest BCUT2D eigenvalue weighted by Crippen LogP contribution is -2.47. The predicted molar refractivity (Wildman–Crippen MR) is 189 cm³/mol. The number of nitrogens with zero attached hydrogens (tertiary/aromatic N) is 1. The van der Waals surface area contributed by atoms with Gasteiger partial charge in [0.25, 0.3) is 0 Å². The highest BCUT2D eigenvalue weighted by Crippen LogP contribution is 1.99. The number of ether oxygens (including phenoxy) is 1. The van der Waals surface area contributed by atoms with Gasteiger partial charge in [-0.1, -0.05) is 6.92 Å². The van der Waals surface area contributed by atoms with E-state index in [-0.39, 0.29) is 40.1 Å². The van der Waals surface area contributed by atoms with Crippen molar-refractivity contribution in [2.45, 2.75) is 158 Å². The molecule has 12 nitrogen and oxygen atoms in total. The van der Waals surface area contributed by atoms with Crippen LogP contribution in [-0.4, -0.2) is 85.4 Å². The van der Waals surface area contributed by atoms with Crippen molar-refractivity contribution < 1.29 is 19.1 Å². The van der Waals surface area contributed by atoms with E-state index >= 15 is 0 Å². The summed E-state index contributed by atoms with van der Waals surface area (Å²) in [6, 6.07) is -0.417. The van der Waals surface area contributed by atoms with Crippen LogP contribution in [0.25, 0.3) is 0 Å². The third-order valence-corrected chi connectivity index (χ3v) is 3.79. The summed E-state index contributed by atoms with van der Waals surface area (Å²) in [5.74, 6) is 0.748. The fourth-order valence-corrected chi connectivity index (χ4v) is 2.48. The molecule has 0 aromatic carbocycles. The van der Waals surface area contributed by atoms with Gasteiger partial charge in [0.2, 0.25) is 11.8 Å². The van der Waals surface area contributed by atoms with E-state index in [0.717, 1.165) is 12.5 Å². The van der Waals surface area contributed by atoms with Crippen molar-refractivity contribution in [1.82, 2.24) is 31.9 Å². The van der Waals surface area contributed by atoms with E-state index in [0.29, 0.717) is 5.54 Å².